The van der Waals surface area contributed by atoms with Crippen molar-refractivity contribution >= 4 is 11.5 Å². The molecular formula is C11H20N4O3. The highest BCUT2D eigenvalue weighted by molar-refractivity contribution is 5.60. The molecule has 0 fully saturated rings. The molecule has 0 aliphatic carbocycles. The van der Waals surface area contributed by atoms with E-state index in [-0.39, 0.29) is 17.5 Å². The highest BCUT2D eigenvalue weighted by Gasteiger charge is 2.14. The number of aliphatic hydroxyl groups is 1. The largest absolute Gasteiger partial charge is 0.393 e. The smallest absolute Gasteiger partial charge is 0.330 e. The average molecular weight is 256 g/mol. The van der Waals surface area contributed by atoms with Gasteiger partial charge in [0.1, 0.15) is 11.5 Å². The first-order valence-corrected chi connectivity index (χ1v) is 5.94. The number of hydrogen-bond donors (Lipinski definition) is 4. The third kappa shape index (κ3) is 3.13. The van der Waals surface area contributed by atoms with E-state index in [1.165, 1.54) is 4.57 Å². The number of nitrogens with zero attached hydrogens (tertiary/aromatic N) is 1. The van der Waals surface area contributed by atoms with Crippen molar-refractivity contribution in [1.82, 2.24) is 9.55 Å². The fraction of sp³-hybridized carbons (Fsp3) is 0.636. The highest BCUT2D eigenvalue weighted by Crippen LogP contribution is 2.12. The Hall–Kier alpha value is -1.76. The second-order valence-corrected chi connectivity index (χ2v) is 4.39. The number of nitrogens with two attached hydrogens (primary N) is 1. The molecule has 0 aliphatic rings. The molecule has 0 aliphatic heterocycles. The minimum absolute atomic E-state index is 0.115. The zero-order valence-electron chi connectivity index (χ0n) is 10.9. The summed E-state index contributed by atoms with van der Waals surface area (Å²) in [6.07, 6.45) is -0.00527. The monoisotopic (exact) mass is 256 g/mol. The van der Waals surface area contributed by atoms with Crippen LogP contribution in [-0.4, -0.2) is 26.8 Å². The summed E-state index contributed by atoms with van der Waals surface area (Å²) in [5, 5.41) is 12.2. The van der Waals surface area contributed by atoms with E-state index < -0.39 is 17.4 Å². The summed E-state index contributed by atoms with van der Waals surface area (Å²) in [4.78, 5) is 25.3. The first-order valence-electron chi connectivity index (χ1n) is 5.94. The third-order valence-electron chi connectivity index (χ3n) is 2.64. The van der Waals surface area contributed by atoms with Crippen molar-refractivity contribution in [2.45, 2.75) is 45.9 Å². The molecule has 0 aromatic carbocycles. The van der Waals surface area contributed by atoms with Crippen molar-refractivity contribution in [3.05, 3.63) is 20.8 Å². The maximum atomic E-state index is 11.7. The van der Waals surface area contributed by atoms with Crippen LogP contribution in [0.3, 0.4) is 0 Å². The molecule has 5 N–H and O–H groups in total. The number of anilines is 2. The van der Waals surface area contributed by atoms with E-state index in [4.69, 9.17) is 5.73 Å². The van der Waals surface area contributed by atoms with Crippen LogP contribution in [0.2, 0.25) is 0 Å². The molecule has 0 amide bonds. The van der Waals surface area contributed by atoms with Crippen molar-refractivity contribution in [2.24, 2.45) is 0 Å². The molecule has 7 heteroatoms. The zero-order chi connectivity index (χ0) is 13.9. The molecule has 7 nitrogen and oxygen atoms in total. The quantitative estimate of drug-likeness (QED) is 0.578. The molecule has 0 saturated carbocycles. The van der Waals surface area contributed by atoms with E-state index in [0.29, 0.717) is 13.0 Å². The number of hydrogen-bond acceptors (Lipinski definition) is 5. The van der Waals surface area contributed by atoms with Crippen LogP contribution < -0.4 is 22.3 Å². The van der Waals surface area contributed by atoms with Crippen LogP contribution >= 0.6 is 0 Å². The van der Waals surface area contributed by atoms with E-state index >= 15 is 0 Å². The van der Waals surface area contributed by atoms with Crippen LogP contribution in [0.5, 0.6) is 0 Å². The lowest BCUT2D eigenvalue weighted by Crippen LogP contribution is -2.35. The van der Waals surface area contributed by atoms with Gasteiger partial charge in [0.15, 0.2) is 0 Å². The number of rotatable bonds is 5. The fourth-order valence-electron chi connectivity index (χ4n) is 1.86. The van der Waals surface area contributed by atoms with Gasteiger partial charge in [0.25, 0.3) is 5.56 Å². The normalized spacial score (nSPS) is 14.2. The zero-order valence-corrected chi connectivity index (χ0v) is 10.9. The molecule has 2 unspecified atom stereocenters. The number of nitrogen functional groups attached to an aromatic ring is 1. The first-order chi connectivity index (χ1) is 8.36. The van der Waals surface area contributed by atoms with Crippen molar-refractivity contribution in [3.63, 3.8) is 0 Å². The average Bonchev–Trinajstić information content (AvgIpc) is 2.23. The van der Waals surface area contributed by atoms with Gasteiger partial charge in [-0.15, -0.1) is 0 Å². The Morgan fingerprint density at radius 2 is 2.06 bits per heavy atom. The predicted molar refractivity (Wildman–Crippen MR) is 70.8 cm³/mol. The van der Waals surface area contributed by atoms with Crippen molar-refractivity contribution < 1.29 is 5.11 Å². The Labute approximate surface area is 105 Å². The van der Waals surface area contributed by atoms with Gasteiger partial charge in [-0.3, -0.25) is 14.3 Å². The maximum absolute atomic E-state index is 11.7. The van der Waals surface area contributed by atoms with Gasteiger partial charge in [-0.05, 0) is 27.2 Å². The maximum Gasteiger partial charge on any atom is 0.330 e. The summed E-state index contributed by atoms with van der Waals surface area (Å²) in [6.45, 7) is 5.63. The number of aliphatic hydroxyl groups excluding tert-OH is 1. The SMILES string of the molecule is CCn1c(N)c(NC(C)CC(C)O)c(=O)[nH]c1=O. The molecule has 0 saturated heterocycles. The molecular weight excluding hydrogens is 236 g/mol. The van der Waals surface area contributed by atoms with E-state index in [2.05, 4.69) is 10.3 Å². The van der Waals surface area contributed by atoms with E-state index in [0.717, 1.165) is 0 Å². The Balaban J connectivity index is 3.10. The Bertz CT molecular complexity index is 518. The lowest BCUT2D eigenvalue weighted by Gasteiger charge is -2.18. The first kappa shape index (κ1) is 14.3. The molecule has 2 atom stereocenters. The fourth-order valence-corrected chi connectivity index (χ4v) is 1.86. The summed E-state index contributed by atoms with van der Waals surface area (Å²) >= 11 is 0. The minimum atomic E-state index is -0.542. The van der Waals surface area contributed by atoms with Gasteiger partial charge < -0.3 is 16.2 Å². The number of aromatic amines is 1. The summed E-state index contributed by atoms with van der Waals surface area (Å²) in [5.41, 5.74) is 4.90. The standard InChI is InChI=1S/C11H20N4O3/c1-4-15-9(12)8(10(17)14-11(15)18)13-6(2)5-7(3)16/h6-7,13,16H,4-5,12H2,1-3H3,(H,14,17,18). The summed E-state index contributed by atoms with van der Waals surface area (Å²) in [6, 6.07) is -0.129. The van der Waals surface area contributed by atoms with Crippen molar-refractivity contribution in [3.8, 4) is 0 Å². The Kier molecular flexibility index (Phi) is 4.55. The van der Waals surface area contributed by atoms with Crippen LogP contribution in [0.4, 0.5) is 11.5 Å². The van der Waals surface area contributed by atoms with Gasteiger partial charge in [-0.1, -0.05) is 0 Å². The van der Waals surface area contributed by atoms with Crippen LogP contribution in [0, 0.1) is 0 Å². The van der Waals surface area contributed by atoms with Crippen LogP contribution in [0.15, 0.2) is 9.59 Å². The second-order valence-electron chi connectivity index (χ2n) is 4.39. The summed E-state index contributed by atoms with van der Waals surface area (Å²) in [5.74, 6) is 0.115. The minimum Gasteiger partial charge on any atom is -0.393 e. The Morgan fingerprint density at radius 1 is 1.44 bits per heavy atom. The molecule has 0 radical (unpaired) electrons. The molecule has 1 aromatic rings. The van der Waals surface area contributed by atoms with Gasteiger partial charge >= 0.3 is 5.69 Å². The number of aromatic nitrogens is 2. The molecule has 0 spiro atoms. The topological polar surface area (TPSA) is 113 Å². The third-order valence-corrected chi connectivity index (χ3v) is 2.64. The van der Waals surface area contributed by atoms with Gasteiger partial charge in [0.2, 0.25) is 0 Å². The van der Waals surface area contributed by atoms with Gasteiger partial charge in [0.05, 0.1) is 6.10 Å². The van der Waals surface area contributed by atoms with E-state index in [9.17, 15) is 14.7 Å². The van der Waals surface area contributed by atoms with Crippen molar-refractivity contribution in [1.29, 1.82) is 0 Å². The van der Waals surface area contributed by atoms with Gasteiger partial charge in [0, 0.05) is 12.6 Å². The molecule has 102 valence electrons. The summed E-state index contributed by atoms with van der Waals surface area (Å²) < 4.78 is 1.28. The van der Waals surface area contributed by atoms with Crippen molar-refractivity contribution in [2.75, 3.05) is 11.1 Å². The second kappa shape index (κ2) is 5.72. The molecule has 0 bridgehead atoms. The van der Waals surface area contributed by atoms with Crippen LogP contribution in [-0.2, 0) is 6.54 Å². The lowest BCUT2D eigenvalue weighted by atomic mass is 10.1. The van der Waals surface area contributed by atoms with Gasteiger partial charge in [-0.2, -0.15) is 0 Å². The number of nitrogens with one attached hydrogen (secondary N) is 2. The molecule has 1 heterocycles. The van der Waals surface area contributed by atoms with Crippen LogP contribution in [0.1, 0.15) is 27.2 Å². The predicted octanol–water partition coefficient (Wildman–Crippen LogP) is -0.290. The molecule has 1 aromatic heterocycles. The summed E-state index contributed by atoms with van der Waals surface area (Å²) in [7, 11) is 0. The van der Waals surface area contributed by atoms with Gasteiger partial charge in [-0.25, -0.2) is 4.79 Å². The lowest BCUT2D eigenvalue weighted by molar-refractivity contribution is 0.179. The van der Waals surface area contributed by atoms with Crippen LogP contribution in [0.25, 0.3) is 0 Å². The number of H-pyrrole nitrogens is 1. The molecule has 1 rings (SSSR count). The van der Waals surface area contributed by atoms with E-state index in [1.807, 2.05) is 6.92 Å². The molecule has 18 heavy (non-hydrogen) atoms. The Morgan fingerprint density at radius 3 is 2.56 bits per heavy atom. The highest BCUT2D eigenvalue weighted by atomic mass is 16.3. The van der Waals surface area contributed by atoms with E-state index in [1.54, 1.807) is 13.8 Å².